The molecule has 1 fully saturated rings. The highest BCUT2D eigenvalue weighted by Crippen LogP contribution is 2.43. The zero-order valence-corrected chi connectivity index (χ0v) is 8.93. The van der Waals surface area contributed by atoms with Gasteiger partial charge in [-0.15, -0.1) is 0 Å². The molecule has 0 bridgehead atoms. The van der Waals surface area contributed by atoms with Crippen LogP contribution in [0.4, 0.5) is 0 Å². The van der Waals surface area contributed by atoms with Crippen LogP contribution >= 0.6 is 0 Å². The Morgan fingerprint density at radius 3 is 2.25 bits per heavy atom. The molecule has 0 heteroatoms. The highest BCUT2D eigenvalue weighted by Gasteiger charge is 2.33. The summed E-state index contributed by atoms with van der Waals surface area (Å²) in [5, 5.41) is 0. The molecule has 1 aliphatic rings. The van der Waals surface area contributed by atoms with Crippen molar-refractivity contribution in [1.82, 2.24) is 0 Å². The van der Waals surface area contributed by atoms with Gasteiger partial charge in [-0.25, -0.2) is 0 Å². The van der Waals surface area contributed by atoms with Crippen molar-refractivity contribution >= 4 is 0 Å². The van der Waals surface area contributed by atoms with Crippen LogP contribution in [0, 0.1) is 23.7 Å². The predicted molar refractivity (Wildman–Crippen MR) is 55.0 cm³/mol. The van der Waals surface area contributed by atoms with Gasteiger partial charge in [-0.3, -0.25) is 0 Å². The molecule has 12 heavy (non-hydrogen) atoms. The van der Waals surface area contributed by atoms with Crippen LogP contribution in [0.1, 0.15) is 40.5 Å². The van der Waals surface area contributed by atoms with Crippen LogP contribution in [-0.2, 0) is 0 Å². The van der Waals surface area contributed by atoms with E-state index in [0.29, 0.717) is 5.92 Å². The Hall–Kier alpha value is -0.260. The van der Waals surface area contributed by atoms with E-state index in [1.165, 1.54) is 18.4 Å². The smallest absolute Gasteiger partial charge is 0.0229 e. The predicted octanol–water partition coefficient (Wildman–Crippen LogP) is 3.88. The van der Waals surface area contributed by atoms with Crippen LogP contribution in [0.2, 0.25) is 0 Å². The molecule has 70 valence electrons. The van der Waals surface area contributed by atoms with Gasteiger partial charge in [0.2, 0.25) is 0 Å². The van der Waals surface area contributed by atoms with Crippen molar-refractivity contribution in [1.29, 1.82) is 0 Å². The second-order valence-electron chi connectivity index (χ2n) is 4.84. The Morgan fingerprint density at radius 2 is 1.92 bits per heavy atom. The third-order valence-electron chi connectivity index (χ3n) is 3.31. The minimum Gasteiger partial charge on any atom is -0.0993 e. The first-order valence-electron chi connectivity index (χ1n) is 5.21. The summed E-state index contributed by atoms with van der Waals surface area (Å²) >= 11 is 0. The number of allylic oxidation sites excluding steroid dienone is 1. The molecule has 0 aromatic carbocycles. The van der Waals surface area contributed by atoms with Crippen molar-refractivity contribution in [2.45, 2.75) is 40.5 Å². The van der Waals surface area contributed by atoms with Gasteiger partial charge in [0, 0.05) is 0 Å². The van der Waals surface area contributed by atoms with E-state index in [9.17, 15) is 0 Å². The first-order valence-corrected chi connectivity index (χ1v) is 5.21. The van der Waals surface area contributed by atoms with Crippen molar-refractivity contribution in [2.75, 3.05) is 0 Å². The zero-order chi connectivity index (χ0) is 9.30. The Labute approximate surface area is 77.1 Å². The lowest BCUT2D eigenvalue weighted by molar-refractivity contribution is 0.500. The molecule has 0 aromatic heterocycles. The lowest BCUT2D eigenvalue weighted by atomic mass is 9.89. The molecule has 1 saturated carbocycles. The minimum absolute atomic E-state index is 0.661. The molecule has 0 radical (unpaired) electrons. The van der Waals surface area contributed by atoms with Crippen molar-refractivity contribution in [3.8, 4) is 0 Å². The average Bonchev–Trinajstić information content (AvgIpc) is 2.64. The van der Waals surface area contributed by atoms with Gasteiger partial charge in [0.1, 0.15) is 0 Å². The van der Waals surface area contributed by atoms with Gasteiger partial charge in [-0.2, -0.15) is 0 Å². The summed E-state index contributed by atoms with van der Waals surface area (Å²) in [4.78, 5) is 0. The van der Waals surface area contributed by atoms with E-state index in [2.05, 4.69) is 34.3 Å². The number of hydrogen-bond acceptors (Lipinski definition) is 0. The van der Waals surface area contributed by atoms with Crippen LogP contribution < -0.4 is 0 Å². The van der Waals surface area contributed by atoms with Crippen molar-refractivity contribution in [2.24, 2.45) is 23.7 Å². The van der Waals surface area contributed by atoms with Crippen molar-refractivity contribution in [3.63, 3.8) is 0 Å². The SMILES string of the molecule is C=C(C(C)C)C(C)CC1CC1C. The molecule has 0 nitrogen and oxygen atoms in total. The van der Waals surface area contributed by atoms with Crippen LogP contribution in [0.5, 0.6) is 0 Å². The van der Waals surface area contributed by atoms with E-state index in [-0.39, 0.29) is 0 Å². The van der Waals surface area contributed by atoms with Crippen LogP contribution in [-0.4, -0.2) is 0 Å². The maximum absolute atomic E-state index is 4.16. The summed E-state index contributed by atoms with van der Waals surface area (Å²) in [5.41, 5.74) is 1.44. The molecule has 3 atom stereocenters. The maximum Gasteiger partial charge on any atom is -0.0229 e. The normalized spacial score (nSPS) is 30.4. The number of hydrogen-bond donors (Lipinski definition) is 0. The third-order valence-corrected chi connectivity index (χ3v) is 3.31. The molecule has 0 aromatic rings. The molecule has 0 N–H and O–H groups in total. The molecule has 0 saturated heterocycles. The standard InChI is InChI=1S/C12H22/c1-8(2)11(5)9(3)6-12-7-10(12)4/h8-10,12H,5-7H2,1-4H3. The monoisotopic (exact) mass is 166 g/mol. The summed E-state index contributed by atoms with van der Waals surface area (Å²) in [6.45, 7) is 13.3. The molecule has 1 rings (SSSR count). The highest BCUT2D eigenvalue weighted by molar-refractivity contribution is 5.03. The molecule has 3 unspecified atom stereocenters. The molecular weight excluding hydrogens is 144 g/mol. The zero-order valence-electron chi connectivity index (χ0n) is 8.93. The summed E-state index contributed by atoms with van der Waals surface area (Å²) in [6.07, 6.45) is 2.83. The topological polar surface area (TPSA) is 0 Å². The van der Waals surface area contributed by atoms with E-state index in [1.807, 2.05) is 0 Å². The minimum atomic E-state index is 0.661. The molecule has 0 heterocycles. The van der Waals surface area contributed by atoms with Crippen LogP contribution in [0.3, 0.4) is 0 Å². The second-order valence-corrected chi connectivity index (χ2v) is 4.84. The second kappa shape index (κ2) is 3.64. The Balaban J connectivity index is 2.28. The largest absolute Gasteiger partial charge is 0.0993 e. The third kappa shape index (κ3) is 2.36. The summed E-state index contributed by atoms with van der Waals surface area (Å²) in [6, 6.07) is 0. The van der Waals surface area contributed by atoms with Gasteiger partial charge < -0.3 is 0 Å². The van der Waals surface area contributed by atoms with Gasteiger partial charge in [0.15, 0.2) is 0 Å². The van der Waals surface area contributed by atoms with Crippen molar-refractivity contribution < 1.29 is 0 Å². The van der Waals surface area contributed by atoms with E-state index >= 15 is 0 Å². The molecular formula is C12H22. The van der Waals surface area contributed by atoms with Gasteiger partial charge in [0.05, 0.1) is 0 Å². The highest BCUT2D eigenvalue weighted by atomic mass is 14.4. The first kappa shape index (κ1) is 9.83. The van der Waals surface area contributed by atoms with E-state index in [0.717, 1.165) is 17.8 Å². The summed E-state index contributed by atoms with van der Waals surface area (Å²) in [5.74, 6) is 3.40. The van der Waals surface area contributed by atoms with Gasteiger partial charge in [0.25, 0.3) is 0 Å². The Morgan fingerprint density at radius 1 is 1.42 bits per heavy atom. The molecule has 0 amide bonds. The van der Waals surface area contributed by atoms with E-state index in [1.54, 1.807) is 0 Å². The number of rotatable bonds is 4. The van der Waals surface area contributed by atoms with Crippen LogP contribution in [0.15, 0.2) is 12.2 Å². The van der Waals surface area contributed by atoms with E-state index < -0.39 is 0 Å². The maximum atomic E-state index is 4.16. The average molecular weight is 166 g/mol. The lowest BCUT2D eigenvalue weighted by Crippen LogP contribution is -2.05. The van der Waals surface area contributed by atoms with Crippen molar-refractivity contribution in [3.05, 3.63) is 12.2 Å². The van der Waals surface area contributed by atoms with Gasteiger partial charge in [-0.05, 0) is 36.5 Å². The fourth-order valence-corrected chi connectivity index (χ4v) is 1.90. The van der Waals surface area contributed by atoms with Gasteiger partial charge in [-0.1, -0.05) is 39.8 Å². The fraction of sp³-hybridized carbons (Fsp3) is 0.833. The molecule has 0 aliphatic heterocycles. The van der Waals surface area contributed by atoms with Gasteiger partial charge >= 0.3 is 0 Å². The molecule has 1 aliphatic carbocycles. The summed E-state index contributed by atoms with van der Waals surface area (Å²) in [7, 11) is 0. The Bertz CT molecular complexity index is 167. The summed E-state index contributed by atoms with van der Waals surface area (Å²) < 4.78 is 0. The first-order chi connectivity index (χ1) is 5.52. The van der Waals surface area contributed by atoms with Crippen LogP contribution in [0.25, 0.3) is 0 Å². The van der Waals surface area contributed by atoms with E-state index in [4.69, 9.17) is 0 Å². The Kier molecular flexibility index (Phi) is 2.98. The quantitative estimate of drug-likeness (QED) is 0.556. The fourth-order valence-electron chi connectivity index (χ4n) is 1.90. The lowest BCUT2D eigenvalue weighted by Gasteiger charge is -2.17. The molecule has 0 spiro atoms.